The smallest absolute Gasteiger partial charge is 0.407 e. The first-order valence-electron chi connectivity index (χ1n) is 17.0. The summed E-state index contributed by atoms with van der Waals surface area (Å²) in [7, 11) is 0. The minimum atomic E-state index is -1.94. The van der Waals surface area contributed by atoms with Crippen molar-refractivity contribution in [1.29, 1.82) is 0 Å². The molecular formula is C33H45F4N7O6S. The van der Waals surface area contributed by atoms with Crippen molar-refractivity contribution in [3.8, 4) is 0 Å². The number of ether oxygens (including phenoxy) is 1. The molecule has 2 heterocycles. The van der Waals surface area contributed by atoms with Crippen LogP contribution in [0.4, 0.5) is 32.8 Å². The number of anilines is 1. The summed E-state index contributed by atoms with van der Waals surface area (Å²) in [5.41, 5.74) is 1.35. The first-order valence-corrected chi connectivity index (χ1v) is 18.1. The van der Waals surface area contributed by atoms with Crippen molar-refractivity contribution >= 4 is 47.3 Å². The van der Waals surface area contributed by atoms with Crippen molar-refractivity contribution in [2.45, 2.75) is 88.1 Å². The second-order valence-electron chi connectivity index (χ2n) is 13.1. The van der Waals surface area contributed by atoms with Gasteiger partial charge in [-0.1, -0.05) is 19.4 Å². The van der Waals surface area contributed by atoms with Gasteiger partial charge in [-0.25, -0.2) is 27.2 Å². The topological polar surface area (TPSA) is 193 Å². The molecule has 4 rings (SSSR count). The van der Waals surface area contributed by atoms with Gasteiger partial charge in [0.05, 0.1) is 12.1 Å². The number of nitrogens with two attached hydrogens (primary N) is 1. The number of benzene rings is 1. The van der Waals surface area contributed by atoms with Crippen LogP contribution in [-0.2, 0) is 14.3 Å². The fourth-order valence-electron chi connectivity index (χ4n) is 6.21. The average molecular weight is 744 g/mol. The number of fused-ring (bicyclic) bond motifs is 1. The maximum Gasteiger partial charge on any atom is 0.407 e. The summed E-state index contributed by atoms with van der Waals surface area (Å²) in [4.78, 5) is 61.3. The van der Waals surface area contributed by atoms with Crippen molar-refractivity contribution in [3.05, 3.63) is 41.0 Å². The van der Waals surface area contributed by atoms with E-state index >= 15 is 0 Å². The molecular weight excluding hydrogens is 698 g/mol. The molecule has 1 aliphatic carbocycles. The molecule has 1 aromatic carbocycles. The van der Waals surface area contributed by atoms with Crippen molar-refractivity contribution in [2.24, 2.45) is 5.41 Å². The highest BCUT2D eigenvalue weighted by atomic mass is 32.2. The molecule has 5 unspecified atom stereocenters. The Bertz CT molecular complexity index is 1470. The molecule has 3 aliphatic rings. The van der Waals surface area contributed by atoms with E-state index < -0.39 is 58.0 Å². The zero-order valence-electron chi connectivity index (χ0n) is 28.3. The van der Waals surface area contributed by atoms with Crippen molar-refractivity contribution in [2.75, 3.05) is 37.7 Å². The lowest BCUT2D eigenvalue weighted by Crippen LogP contribution is -2.41. The summed E-state index contributed by atoms with van der Waals surface area (Å²) in [5.74, 6) is -8.37. The zero-order chi connectivity index (χ0) is 37.1. The minimum absolute atomic E-state index is 0.0370. The molecule has 0 spiro atoms. The molecule has 18 heteroatoms. The van der Waals surface area contributed by atoms with E-state index in [1.807, 2.05) is 24.8 Å². The van der Waals surface area contributed by atoms with Gasteiger partial charge in [0.2, 0.25) is 11.8 Å². The van der Waals surface area contributed by atoms with Crippen LogP contribution in [0.3, 0.4) is 0 Å². The molecule has 0 bridgehead atoms. The zero-order valence-corrected chi connectivity index (χ0v) is 29.1. The molecule has 282 valence electrons. The highest BCUT2D eigenvalue weighted by Crippen LogP contribution is 2.34. The van der Waals surface area contributed by atoms with Gasteiger partial charge in [0.15, 0.2) is 23.3 Å². The monoisotopic (exact) mass is 743 g/mol. The first kappa shape index (κ1) is 39.6. The summed E-state index contributed by atoms with van der Waals surface area (Å²) in [5, 5.41) is 16.5. The van der Waals surface area contributed by atoms with Crippen LogP contribution >= 0.6 is 11.8 Å². The number of nitrogens with one attached hydrogen (secondary N) is 6. The Hall–Kier alpha value is -4.22. The van der Waals surface area contributed by atoms with Crippen LogP contribution in [0.5, 0.6) is 0 Å². The number of carbonyl (C=O) groups excluding carboxylic acids is 5. The Labute approximate surface area is 297 Å². The number of alkyl carbamates (subject to hydrolysis) is 1. The number of halogens is 4. The summed E-state index contributed by atoms with van der Waals surface area (Å²) in [6.45, 7) is 2.08. The largest absolute Gasteiger partial charge is 0.442 e. The molecule has 13 nitrogen and oxygen atoms in total. The van der Waals surface area contributed by atoms with Crippen molar-refractivity contribution < 1.29 is 46.3 Å². The fraction of sp³-hybridized carbons (Fsp3) is 0.606. The number of allylic oxidation sites excluding steroid dienone is 1. The number of thioether (sulfide) groups is 1. The lowest BCUT2D eigenvalue weighted by molar-refractivity contribution is -0.131. The van der Waals surface area contributed by atoms with Crippen LogP contribution < -0.4 is 37.6 Å². The Morgan fingerprint density at radius 3 is 2.37 bits per heavy atom. The Morgan fingerprint density at radius 1 is 0.922 bits per heavy atom. The highest BCUT2D eigenvalue weighted by Gasteiger charge is 2.42. The minimum Gasteiger partial charge on any atom is -0.442 e. The predicted molar refractivity (Wildman–Crippen MR) is 182 cm³/mol. The average Bonchev–Trinajstić information content (AvgIpc) is 3.65. The molecule has 1 aromatic rings. The van der Waals surface area contributed by atoms with Gasteiger partial charge in [0.1, 0.15) is 17.4 Å². The summed E-state index contributed by atoms with van der Waals surface area (Å²) < 4.78 is 60.7. The SMILES string of the molecule is CC1(C(=O)NCCCNC(=O)CCCCC2SCC3NC(=O)NC32)CC/C=C/C(OC(=O)NCCNC(=O)c2c(F)c(F)c(N)c(F)c2F)CC1. The number of hydrogen-bond acceptors (Lipinski definition) is 8. The van der Waals surface area contributed by atoms with Gasteiger partial charge < -0.3 is 42.4 Å². The third-order valence-corrected chi connectivity index (χ3v) is 10.8. The lowest BCUT2D eigenvalue weighted by atomic mass is 9.78. The molecule has 0 radical (unpaired) electrons. The normalized spacial score (nSPS) is 24.6. The number of rotatable bonds is 15. The second-order valence-corrected chi connectivity index (χ2v) is 14.3. The van der Waals surface area contributed by atoms with E-state index in [1.54, 1.807) is 6.08 Å². The molecule has 51 heavy (non-hydrogen) atoms. The van der Waals surface area contributed by atoms with Crippen LogP contribution in [0.15, 0.2) is 12.2 Å². The van der Waals surface area contributed by atoms with E-state index in [9.17, 15) is 41.5 Å². The Morgan fingerprint density at radius 2 is 1.63 bits per heavy atom. The van der Waals surface area contributed by atoms with E-state index in [-0.39, 0.29) is 43.0 Å². The summed E-state index contributed by atoms with van der Waals surface area (Å²) >= 11 is 1.85. The highest BCUT2D eigenvalue weighted by molar-refractivity contribution is 8.00. The number of nitrogen functional groups attached to an aromatic ring is 1. The molecule has 0 aromatic heterocycles. The Kier molecular flexibility index (Phi) is 14.2. The predicted octanol–water partition coefficient (Wildman–Crippen LogP) is 3.13. The molecule has 2 fully saturated rings. The van der Waals surface area contributed by atoms with Crippen LogP contribution in [-0.4, -0.2) is 85.2 Å². The van der Waals surface area contributed by atoms with Gasteiger partial charge in [-0.2, -0.15) is 11.8 Å². The van der Waals surface area contributed by atoms with E-state index in [0.29, 0.717) is 56.9 Å². The number of urea groups is 1. The van der Waals surface area contributed by atoms with Gasteiger partial charge in [0, 0.05) is 49.0 Å². The van der Waals surface area contributed by atoms with Crippen LogP contribution in [0.25, 0.3) is 0 Å². The standard InChI is InChI=1S/C33H45F4N7O6S/c1-33(30(47)41-14-6-13-39-21(45)9-3-2-8-20-28-19(17-51-20)43-31(48)44-28)11-5-4-7-18(10-12-33)50-32(49)42-16-15-40-29(46)22-23(34)25(36)27(38)26(37)24(22)35/h4,7,18-20,28H,2-3,5-6,8-17,38H2,1H3,(H,39,45)(H,40,46)(H,41,47)(H,42,49)(H2,43,44,48)/b7-4+. The molecule has 0 saturated carbocycles. The van der Waals surface area contributed by atoms with Gasteiger partial charge in [-0.15, -0.1) is 0 Å². The van der Waals surface area contributed by atoms with E-state index in [2.05, 4.69) is 31.9 Å². The lowest BCUT2D eigenvalue weighted by Gasteiger charge is -2.31. The van der Waals surface area contributed by atoms with Crippen molar-refractivity contribution in [1.82, 2.24) is 31.9 Å². The third-order valence-electron chi connectivity index (χ3n) is 9.25. The van der Waals surface area contributed by atoms with Crippen LogP contribution in [0.2, 0.25) is 0 Å². The van der Waals surface area contributed by atoms with E-state index in [1.165, 1.54) is 0 Å². The van der Waals surface area contributed by atoms with Gasteiger partial charge >= 0.3 is 12.1 Å². The van der Waals surface area contributed by atoms with E-state index in [0.717, 1.165) is 25.0 Å². The molecule has 2 saturated heterocycles. The van der Waals surface area contributed by atoms with Crippen LogP contribution in [0.1, 0.15) is 75.1 Å². The second kappa shape index (κ2) is 18.3. The first-order chi connectivity index (χ1) is 24.3. The molecule has 5 atom stereocenters. The maximum absolute atomic E-state index is 14.0. The van der Waals surface area contributed by atoms with E-state index in [4.69, 9.17) is 10.5 Å². The molecule has 6 amide bonds. The van der Waals surface area contributed by atoms with Crippen LogP contribution in [0, 0.1) is 28.7 Å². The fourth-order valence-corrected chi connectivity index (χ4v) is 7.75. The summed E-state index contributed by atoms with van der Waals surface area (Å²) in [6.07, 6.45) is 7.53. The number of hydrogen-bond donors (Lipinski definition) is 7. The van der Waals surface area contributed by atoms with Crippen molar-refractivity contribution in [3.63, 3.8) is 0 Å². The molecule has 2 aliphatic heterocycles. The third kappa shape index (κ3) is 10.6. The maximum atomic E-state index is 14.0. The van der Waals surface area contributed by atoms with Gasteiger partial charge in [-0.05, 0) is 51.0 Å². The number of unbranched alkanes of at least 4 members (excludes halogenated alkanes) is 1. The molecule has 8 N–H and O–H groups in total. The van der Waals surface area contributed by atoms with Gasteiger partial charge in [0.25, 0.3) is 5.91 Å². The number of amides is 6. The number of carbonyl (C=O) groups is 5. The quantitative estimate of drug-likeness (QED) is 0.0356. The van der Waals surface area contributed by atoms with Gasteiger partial charge in [-0.3, -0.25) is 14.4 Å². The summed E-state index contributed by atoms with van der Waals surface area (Å²) in [6, 6.07) is 0.245. The Balaban J connectivity index is 1.07.